The van der Waals surface area contributed by atoms with Gasteiger partial charge in [-0.05, 0) is 24.3 Å². The third-order valence-electron chi connectivity index (χ3n) is 3.37. The number of amides is 1. The summed E-state index contributed by atoms with van der Waals surface area (Å²) >= 11 is 0. The van der Waals surface area contributed by atoms with Crippen LogP contribution in [0.3, 0.4) is 0 Å². The summed E-state index contributed by atoms with van der Waals surface area (Å²) in [6, 6.07) is 9.08. The highest BCUT2D eigenvalue weighted by Gasteiger charge is 2.30. The molecule has 1 aliphatic carbocycles. The van der Waals surface area contributed by atoms with Gasteiger partial charge in [-0.25, -0.2) is 0 Å². The molecule has 1 aliphatic rings. The lowest BCUT2D eigenvalue weighted by Gasteiger charge is -2.18. The number of aliphatic hydroxyl groups is 1. The molecule has 0 saturated heterocycles. The molecule has 1 aromatic rings. The molecule has 4 nitrogen and oxygen atoms in total. The first-order valence-electron chi connectivity index (χ1n) is 6.41. The molecule has 18 heavy (non-hydrogen) atoms. The van der Waals surface area contributed by atoms with Crippen molar-refractivity contribution in [3.8, 4) is 0 Å². The van der Waals surface area contributed by atoms with Crippen molar-refractivity contribution in [1.82, 2.24) is 5.32 Å². The normalized spacial score (nSPS) is 18.1. The van der Waals surface area contributed by atoms with Gasteiger partial charge in [0.25, 0.3) is 0 Å². The number of carbonyl (C=O) groups excluding carboxylic acids is 1. The van der Waals surface area contributed by atoms with Crippen LogP contribution in [0.15, 0.2) is 30.3 Å². The molecule has 0 aliphatic heterocycles. The molecule has 2 atom stereocenters. The van der Waals surface area contributed by atoms with Crippen LogP contribution in [0.4, 0.5) is 0 Å². The van der Waals surface area contributed by atoms with Crippen LogP contribution in [-0.2, 0) is 4.79 Å². The van der Waals surface area contributed by atoms with E-state index in [2.05, 4.69) is 5.32 Å². The summed E-state index contributed by atoms with van der Waals surface area (Å²) < 4.78 is 0. The highest BCUT2D eigenvalue weighted by molar-refractivity contribution is 5.77. The zero-order valence-electron chi connectivity index (χ0n) is 10.4. The van der Waals surface area contributed by atoms with E-state index in [-0.39, 0.29) is 24.6 Å². The van der Waals surface area contributed by atoms with E-state index < -0.39 is 0 Å². The summed E-state index contributed by atoms with van der Waals surface area (Å²) in [5.74, 6) is 0.428. The second kappa shape index (κ2) is 5.98. The number of hydrogen-bond donors (Lipinski definition) is 3. The quantitative estimate of drug-likeness (QED) is 0.702. The molecule has 2 rings (SSSR count). The number of benzene rings is 1. The van der Waals surface area contributed by atoms with Crippen molar-refractivity contribution in [2.75, 3.05) is 6.61 Å². The Morgan fingerprint density at radius 1 is 1.39 bits per heavy atom. The Hall–Kier alpha value is -1.39. The lowest BCUT2D eigenvalue weighted by atomic mass is 10.1. The van der Waals surface area contributed by atoms with Crippen LogP contribution in [0.5, 0.6) is 0 Å². The van der Waals surface area contributed by atoms with Gasteiger partial charge < -0.3 is 16.2 Å². The molecule has 0 spiro atoms. The van der Waals surface area contributed by atoms with Crippen LogP contribution in [0.1, 0.15) is 30.9 Å². The van der Waals surface area contributed by atoms with Crippen LogP contribution in [0, 0.1) is 5.92 Å². The zero-order valence-corrected chi connectivity index (χ0v) is 10.4. The summed E-state index contributed by atoms with van der Waals surface area (Å²) in [6.07, 6.45) is 2.61. The van der Waals surface area contributed by atoms with Crippen LogP contribution in [0.25, 0.3) is 0 Å². The molecule has 98 valence electrons. The number of hydrogen-bond acceptors (Lipinski definition) is 3. The molecular formula is C14H20N2O2. The van der Waals surface area contributed by atoms with E-state index in [9.17, 15) is 9.90 Å². The minimum atomic E-state index is -0.342. The second-order valence-electron chi connectivity index (χ2n) is 4.92. The van der Waals surface area contributed by atoms with Crippen molar-refractivity contribution >= 4 is 5.91 Å². The molecule has 0 radical (unpaired) electrons. The van der Waals surface area contributed by atoms with Crippen molar-refractivity contribution < 1.29 is 9.90 Å². The Bertz CT molecular complexity index is 390. The van der Waals surface area contributed by atoms with Gasteiger partial charge in [0.15, 0.2) is 0 Å². The van der Waals surface area contributed by atoms with E-state index in [4.69, 9.17) is 5.73 Å². The third kappa shape index (κ3) is 3.55. The lowest BCUT2D eigenvalue weighted by Crippen LogP contribution is -2.36. The zero-order chi connectivity index (χ0) is 13.0. The maximum Gasteiger partial charge on any atom is 0.222 e. The molecule has 4 heteroatoms. The molecule has 1 amide bonds. The van der Waals surface area contributed by atoms with Crippen molar-refractivity contribution in [2.45, 2.75) is 31.3 Å². The average Bonchev–Trinajstić information content (AvgIpc) is 3.21. The molecule has 4 N–H and O–H groups in total. The first kappa shape index (κ1) is 13.1. The Balaban J connectivity index is 1.87. The van der Waals surface area contributed by atoms with E-state index >= 15 is 0 Å². The maximum absolute atomic E-state index is 11.8. The fourth-order valence-electron chi connectivity index (χ4n) is 2.08. The lowest BCUT2D eigenvalue weighted by molar-refractivity contribution is -0.122. The number of carbonyl (C=O) groups is 1. The molecule has 1 aromatic carbocycles. The largest absolute Gasteiger partial charge is 0.394 e. The summed E-state index contributed by atoms with van der Waals surface area (Å²) in [6.45, 7) is -0.103. The summed E-state index contributed by atoms with van der Waals surface area (Å²) in [4.78, 5) is 11.8. The van der Waals surface area contributed by atoms with Gasteiger partial charge in [0.1, 0.15) is 0 Å². The van der Waals surface area contributed by atoms with Crippen molar-refractivity contribution in [1.29, 1.82) is 0 Å². The van der Waals surface area contributed by atoms with Crippen molar-refractivity contribution in [3.05, 3.63) is 35.9 Å². The molecule has 0 heterocycles. The summed E-state index contributed by atoms with van der Waals surface area (Å²) in [5, 5.41) is 12.2. The van der Waals surface area contributed by atoms with Gasteiger partial charge in [-0.2, -0.15) is 0 Å². The van der Waals surface area contributed by atoms with E-state index in [1.807, 2.05) is 30.3 Å². The predicted molar refractivity (Wildman–Crippen MR) is 69.7 cm³/mol. The van der Waals surface area contributed by atoms with Crippen LogP contribution >= 0.6 is 0 Å². The molecule has 1 unspecified atom stereocenters. The Kier molecular flexibility index (Phi) is 4.33. The number of rotatable bonds is 6. The average molecular weight is 248 g/mol. The van der Waals surface area contributed by atoms with E-state index in [0.29, 0.717) is 12.3 Å². The second-order valence-corrected chi connectivity index (χ2v) is 4.92. The minimum Gasteiger partial charge on any atom is -0.394 e. The predicted octanol–water partition coefficient (Wildman–Crippen LogP) is 0.964. The summed E-state index contributed by atoms with van der Waals surface area (Å²) in [5.41, 5.74) is 6.82. The van der Waals surface area contributed by atoms with E-state index in [1.54, 1.807) is 0 Å². The Labute approximate surface area is 107 Å². The Morgan fingerprint density at radius 3 is 2.61 bits per heavy atom. The maximum atomic E-state index is 11.8. The standard InChI is InChI=1S/C14H20N2O2/c15-12(10-6-7-10)8-14(18)16-13(9-17)11-4-2-1-3-5-11/h1-5,10,12-13,17H,6-9,15H2,(H,16,18)/t12?,13-/m0/s1. The fourth-order valence-corrected chi connectivity index (χ4v) is 2.08. The van der Waals surface area contributed by atoms with Gasteiger partial charge in [-0.3, -0.25) is 4.79 Å². The van der Waals surface area contributed by atoms with Gasteiger partial charge in [0.2, 0.25) is 5.91 Å². The van der Waals surface area contributed by atoms with Gasteiger partial charge in [-0.1, -0.05) is 30.3 Å². The Morgan fingerprint density at radius 2 is 2.06 bits per heavy atom. The van der Waals surface area contributed by atoms with E-state index in [0.717, 1.165) is 18.4 Å². The number of nitrogens with two attached hydrogens (primary N) is 1. The summed E-state index contributed by atoms with van der Waals surface area (Å²) in [7, 11) is 0. The number of aliphatic hydroxyl groups excluding tert-OH is 1. The third-order valence-corrected chi connectivity index (χ3v) is 3.37. The topological polar surface area (TPSA) is 75.4 Å². The highest BCUT2D eigenvalue weighted by Crippen LogP contribution is 2.32. The van der Waals surface area contributed by atoms with Crippen LogP contribution in [-0.4, -0.2) is 23.7 Å². The molecule has 0 bridgehead atoms. The first-order valence-corrected chi connectivity index (χ1v) is 6.41. The monoisotopic (exact) mass is 248 g/mol. The van der Waals surface area contributed by atoms with Gasteiger partial charge in [-0.15, -0.1) is 0 Å². The van der Waals surface area contributed by atoms with Crippen LogP contribution < -0.4 is 11.1 Å². The van der Waals surface area contributed by atoms with Crippen molar-refractivity contribution in [3.63, 3.8) is 0 Å². The van der Waals surface area contributed by atoms with Crippen LogP contribution in [0.2, 0.25) is 0 Å². The molecular weight excluding hydrogens is 228 g/mol. The molecule has 1 saturated carbocycles. The van der Waals surface area contributed by atoms with Gasteiger partial charge in [0.05, 0.1) is 12.6 Å². The number of nitrogens with one attached hydrogen (secondary N) is 1. The van der Waals surface area contributed by atoms with Gasteiger partial charge in [0, 0.05) is 12.5 Å². The fraction of sp³-hybridized carbons (Fsp3) is 0.500. The smallest absolute Gasteiger partial charge is 0.222 e. The first-order chi connectivity index (χ1) is 8.70. The minimum absolute atomic E-state index is 0.0416. The van der Waals surface area contributed by atoms with Crippen molar-refractivity contribution in [2.24, 2.45) is 11.7 Å². The SMILES string of the molecule is NC(CC(=O)N[C@@H](CO)c1ccccc1)C1CC1. The highest BCUT2D eigenvalue weighted by atomic mass is 16.3. The molecule has 0 aromatic heterocycles. The molecule has 1 fully saturated rings. The van der Waals surface area contributed by atoms with Gasteiger partial charge >= 0.3 is 0 Å². The van der Waals surface area contributed by atoms with E-state index in [1.165, 1.54) is 0 Å².